The highest BCUT2D eigenvalue weighted by Gasteiger charge is 2.09. The predicted octanol–water partition coefficient (Wildman–Crippen LogP) is 2.38. The van der Waals surface area contributed by atoms with Crippen molar-refractivity contribution in [2.75, 3.05) is 20.1 Å². The van der Waals surface area contributed by atoms with Crippen molar-refractivity contribution in [2.45, 2.75) is 32.9 Å². The lowest BCUT2D eigenvalue weighted by Gasteiger charge is -2.22. The Bertz CT molecular complexity index is 339. The summed E-state index contributed by atoms with van der Waals surface area (Å²) in [5.41, 5.74) is 0.958. The topological polar surface area (TPSA) is 35.5 Å². The zero-order valence-electron chi connectivity index (χ0n) is 11.3. The Morgan fingerprint density at radius 2 is 1.88 bits per heavy atom. The Kier molecular flexibility index (Phi) is 5.45. The number of para-hydroxylation sites is 1. The molecule has 1 rings (SSSR count). The maximum Gasteiger partial charge on any atom is 0.120 e. The molecule has 0 fully saturated rings. The first-order valence-electron chi connectivity index (χ1n) is 6.24. The average Bonchev–Trinajstić information content (AvgIpc) is 2.29. The lowest BCUT2D eigenvalue weighted by molar-refractivity contribution is 0.269. The molecule has 2 N–H and O–H groups in total. The number of nitrogens with zero attached hydrogens (tertiary/aromatic N) is 1. The molecule has 17 heavy (non-hydrogen) atoms. The Labute approximate surface area is 104 Å². The highest BCUT2D eigenvalue weighted by Crippen LogP contribution is 2.22. The van der Waals surface area contributed by atoms with Crippen molar-refractivity contribution in [3.8, 4) is 5.75 Å². The number of hydrogen-bond acceptors (Lipinski definition) is 3. The Morgan fingerprint density at radius 1 is 1.24 bits per heavy atom. The van der Waals surface area contributed by atoms with Gasteiger partial charge in [0.25, 0.3) is 0 Å². The summed E-state index contributed by atoms with van der Waals surface area (Å²) in [6, 6.07) is 8.23. The first-order chi connectivity index (χ1) is 8.02. The molecule has 0 saturated heterocycles. The first-order valence-corrected chi connectivity index (χ1v) is 6.24. The summed E-state index contributed by atoms with van der Waals surface area (Å²) in [7, 11) is 2.12. The van der Waals surface area contributed by atoms with E-state index in [4.69, 9.17) is 0 Å². The van der Waals surface area contributed by atoms with Gasteiger partial charge < -0.3 is 15.3 Å². The number of phenols is 1. The summed E-state index contributed by atoms with van der Waals surface area (Å²) in [4.78, 5) is 2.30. The maximum absolute atomic E-state index is 9.73. The molecular formula is C14H24N2O. The summed E-state index contributed by atoms with van der Waals surface area (Å²) < 4.78 is 0. The van der Waals surface area contributed by atoms with Gasteiger partial charge in [-0.25, -0.2) is 0 Å². The van der Waals surface area contributed by atoms with Crippen LogP contribution in [0, 0.1) is 0 Å². The van der Waals surface area contributed by atoms with Gasteiger partial charge in [-0.1, -0.05) is 18.2 Å². The number of nitrogens with one attached hydrogen (secondary N) is 1. The average molecular weight is 236 g/mol. The standard InChI is InChI=1S/C14H24N2O/c1-11(2)16(4)10-9-15-12(3)13-7-5-6-8-14(13)17/h5-8,11-12,15,17H,9-10H2,1-4H3. The predicted molar refractivity (Wildman–Crippen MR) is 72.3 cm³/mol. The van der Waals surface area contributed by atoms with Gasteiger partial charge in [-0.05, 0) is 33.9 Å². The molecule has 0 radical (unpaired) electrons. The summed E-state index contributed by atoms with van der Waals surface area (Å²) in [5, 5.41) is 13.2. The lowest BCUT2D eigenvalue weighted by atomic mass is 10.1. The van der Waals surface area contributed by atoms with Crippen LogP contribution in [-0.4, -0.2) is 36.2 Å². The summed E-state index contributed by atoms with van der Waals surface area (Å²) >= 11 is 0. The van der Waals surface area contributed by atoms with Crippen LogP contribution < -0.4 is 5.32 Å². The molecule has 0 aliphatic heterocycles. The van der Waals surface area contributed by atoms with E-state index in [0.717, 1.165) is 18.7 Å². The minimum atomic E-state index is 0.178. The van der Waals surface area contributed by atoms with Crippen molar-refractivity contribution < 1.29 is 5.11 Å². The van der Waals surface area contributed by atoms with Crippen molar-refractivity contribution >= 4 is 0 Å². The van der Waals surface area contributed by atoms with Gasteiger partial charge in [-0.2, -0.15) is 0 Å². The molecule has 0 spiro atoms. The molecule has 0 heterocycles. The number of likely N-dealkylation sites (N-methyl/N-ethyl adjacent to an activating group) is 1. The fourth-order valence-corrected chi connectivity index (χ4v) is 1.68. The third-order valence-electron chi connectivity index (χ3n) is 3.20. The van der Waals surface area contributed by atoms with Gasteiger partial charge in [0.05, 0.1) is 0 Å². The monoisotopic (exact) mass is 236 g/mol. The van der Waals surface area contributed by atoms with Gasteiger partial charge in [-0.3, -0.25) is 0 Å². The van der Waals surface area contributed by atoms with Crippen LogP contribution in [0.15, 0.2) is 24.3 Å². The minimum absolute atomic E-state index is 0.178. The minimum Gasteiger partial charge on any atom is -0.508 e. The highest BCUT2D eigenvalue weighted by atomic mass is 16.3. The zero-order chi connectivity index (χ0) is 12.8. The quantitative estimate of drug-likeness (QED) is 0.796. The fraction of sp³-hybridized carbons (Fsp3) is 0.571. The number of phenolic OH excluding ortho intramolecular Hbond substituents is 1. The smallest absolute Gasteiger partial charge is 0.120 e. The van der Waals surface area contributed by atoms with E-state index in [-0.39, 0.29) is 6.04 Å². The lowest BCUT2D eigenvalue weighted by Crippen LogP contribution is -2.34. The van der Waals surface area contributed by atoms with E-state index in [2.05, 4.69) is 38.0 Å². The Hall–Kier alpha value is -1.06. The van der Waals surface area contributed by atoms with Gasteiger partial charge in [0.15, 0.2) is 0 Å². The van der Waals surface area contributed by atoms with E-state index in [1.165, 1.54) is 0 Å². The van der Waals surface area contributed by atoms with Gasteiger partial charge in [-0.15, -0.1) is 0 Å². The van der Waals surface area contributed by atoms with E-state index < -0.39 is 0 Å². The number of rotatable bonds is 6. The van der Waals surface area contributed by atoms with Crippen LogP contribution in [0.4, 0.5) is 0 Å². The zero-order valence-corrected chi connectivity index (χ0v) is 11.3. The van der Waals surface area contributed by atoms with Crippen molar-refractivity contribution in [3.05, 3.63) is 29.8 Å². The number of aromatic hydroxyl groups is 1. The second-order valence-corrected chi connectivity index (χ2v) is 4.81. The number of hydrogen-bond donors (Lipinski definition) is 2. The summed E-state index contributed by atoms with van der Waals surface area (Å²) in [5.74, 6) is 0.365. The number of benzene rings is 1. The van der Waals surface area contributed by atoms with Crippen molar-refractivity contribution in [2.24, 2.45) is 0 Å². The molecule has 96 valence electrons. The Morgan fingerprint density at radius 3 is 2.47 bits per heavy atom. The van der Waals surface area contributed by atoms with Crippen LogP contribution in [0.3, 0.4) is 0 Å². The van der Waals surface area contributed by atoms with E-state index in [9.17, 15) is 5.11 Å². The Balaban J connectivity index is 2.40. The molecule has 0 aliphatic rings. The molecule has 1 unspecified atom stereocenters. The molecule has 0 aromatic heterocycles. The van der Waals surface area contributed by atoms with Crippen molar-refractivity contribution in [1.82, 2.24) is 10.2 Å². The van der Waals surface area contributed by atoms with Crippen molar-refractivity contribution in [3.63, 3.8) is 0 Å². The fourth-order valence-electron chi connectivity index (χ4n) is 1.68. The van der Waals surface area contributed by atoms with E-state index in [1.807, 2.05) is 18.2 Å². The molecule has 1 aromatic rings. The molecular weight excluding hydrogens is 212 g/mol. The molecule has 0 bridgehead atoms. The molecule has 1 atom stereocenters. The van der Waals surface area contributed by atoms with Gasteiger partial charge in [0.1, 0.15) is 5.75 Å². The van der Waals surface area contributed by atoms with E-state index >= 15 is 0 Å². The molecule has 0 amide bonds. The molecule has 0 aliphatic carbocycles. The van der Waals surface area contributed by atoms with E-state index in [0.29, 0.717) is 11.8 Å². The maximum atomic E-state index is 9.73. The van der Waals surface area contributed by atoms with Gasteiger partial charge in [0, 0.05) is 30.7 Å². The van der Waals surface area contributed by atoms with Crippen LogP contribution in [0.1, 0.15) is 32.4 Å². The van der Waals surface area contributed by atoms with Crippen LogP contribution in [0.5, 0.6) is 5.75 Å². The van der Waals surface area contributed by atoms with Gasteiger partial charge >= 0.3 is 0 Å². The summed E-state index contributed by atoms with van der Waals surface area (Å²) in [6.07, 6.45) is 0. The van der Waals surface area contributed by atoms with Crippen molar-refractivity contribution in [1.29, 1.82) is 0 Å². The van der Waals surface area contributed by atoms with Gasteiger partial charge in [0.2, 0.25) is 0 Å². The van der Waals surface area contributed by atoms with Crippen LogP contribution in [0.2, 0.25) is 0 Å². The van der Waals surface area contributed by atoms with Crippen LogP contribution >= 0.6 is 0 Å². The second-order valence-electron chi connectivity index (χ2n) is 4.81. The van der Waals surface area contributed by atoms with E-state index in [1.54, 1.807) is 6.07 Å². The summed E-state index contributed by atoms with van der Waals surface area (Å²) in [6.45, 7) is 8.38. The van der Waals surface area contributed by atoms with Crippen LogP contribution in [-0.2, 0) is 0 Å². The normalized spacial score (nSPS) is 13.3. The third-order valence-corrected chi connectivity index (χ3v) is 3.20. The SMILES string of the molecule is CC(NCCN(C)C(C)C)c1ccccc1O. The highest BCUT2D eigenvalue weighted by molar-refractivity contribution is 5.34. The van der Waals surface area contributed by atoms with Crippen LogP contribution in [0.25, 0.3) is 0 Å². The second kappa shape index (κ2) is 6.62. The molecule has 3 heteroatoms. The molecule has 0 saturated carbocycles. The largest absolute Gasteiger partial charge is 0.508 e. The third kappa shape index (κ3) is 4.36. The first kappa shape index (κ1) is 14.0. The molecule has 3 nitrogen and oxygen atoms in total. The molecule has 1 aromatic carbocycles.